The molecule has 758 valence electrons. The molecule has 35 heteroatoms. The molecule has 35 nitrogen and oxygen atoms in total. The minimum Gasteiger partial charge on any atom is -0.507 e. The first kappa shape index (κ1) is 112. The predicted molar refractivity (Wildman–Crippen MR) is 500 cm³/mol. The van der Waals surface area contributed by atoms with Crippen molar-refractivity contribution < 1.29 is 132 Å². The largest absolute Gasteiger partial charge is 0.507 e. The maximum Gasteiger partial charge on any atom is 0.312 e. The van der Waals surface area contributed by atoms with Crippen molar-refractivity contribution in [1.29, 1.82) is 0 Å². The van der Waals surface area contributed by atoms with E-state index in [4.69, 9.17) is 76.8 Å². The van der Waals surface area contributed by atoms with Crippen LogP contribution in [0.15, 0.2) is 46.1 Å². The third kappa shape index (κ3) is 26.5. The number of nitrogens with one attached hydrogen (secondary N) is 4. The number of aromatic hydroxyl groups is 2. The zero-order chi connectivity index (χ0) is 99.2. The lowest BCUT2D eigenvalue weighted by molar-refractivity contribution is -0.318. The summed E-state index contributed by atoms with van der Waals surface area (Å²) in [5, 5.41) is 126. The average Bonchev–Trinajstić information content (AvgIpc) is 1.54. The van der Waals surface area contributed by atoms with Crippen molar-refractivity contribution in [2.75, 3.05) is 106 Å². The van der Waals surface area contributed by atoms with Gasteiger partial charge < -0.3 is 138 Å². The lowest BCUT2D eigenvalue weighted by Gasteiger charge is -2.52. The van der Waals surface area contributed by atoms with Crippen LogP contribution in [0.4, 0.5) is 5.69 Å². The van der Waals surface area contributed by atoms with Gasteiger partial charge in [0, 0.05) is 163 Å². The number of aliphatic hydroxyl groups is 8. The fourth-order valence-electron chi connectivity index (χ4n) is 20.5. The summed E-state index contributed by atoms with van der Waals surface area (Å²) in [6.07, 6.45) is -1.34. The molecule has 2 aromatic rings. The number of carbonyl (C=O) groups is 4. The Kier molecular flexibility index (Phi) is 41.1. The van der Waals surface area contributed by atoms with E-state index in [0.29, 0.717) is 44.1 Å². The number of aliphatic hydroxyl groups excluding tert-OH is 6. The van der Waals surface area contributed by atoms with Gasteiger partial charge in [-0.2, -0.15) is 0 Å². The summed E-state index contributed by atoms with van der Waals surface area (Å²) in [6, 6.07) is -0.193. The Labute approximate surface area is 787 Å². The molecule has 8 aliphatic rings. The van der Waals surface area contributed by atoms with Crippen LogP contribution < -0.4 is 36.7 Å². The maximum atomic E-state index is 14.7. The molecule has 0 aliphatic carbocycles. The van der Waals surface area contributed by atoms with Gasteiger partial charge in [0.2, 0.25) is 0 Å². The number of hydrogen-bond acceptors (Lipinski definition) is 34. The van der Waals surface area contributed by atoms with Crippen molar-refractivity contribution in [3.8, 4) is 17.2 Å². The van der Waals surface area contributed by atoms with E-state index in [9.17, 15) is 60.0 Å². The van der Waals surface area contributed by atoms with E-state index in [1.165, 1.54) is 34.3 Å². The number of hydrogen-bond donors (Lipinski definition) is 14. The van der Waals surface area contributed by atoms with Crippen LogP contribution in [-0.2, 0) is 71.2 Å². The number of carbonyl (C=O) groups excluding carboxylic acids is 4. The van der Waals surface area contributed by atoms with Crippen molar-refractivity contribution in [2.24, 2.45) is 63.2 Å². The number of phenolic OH excluding ortho intramolecular Hbond substituents is 2. The quantitative estimate of drug-likeness (QED) is 0.0281. The first-order chi connectivity index (χ1) is 62.4. The molecule has 1 amide bonds. The van der Waals surface area contributed by atoms with E-state index >= 15 is 0 Å². The molecule has 133 heavy (non-hydrogen) atoms. The summed E-state index contributed by atoms with van der Waals surface area (Å²) >= 11 is 0. The lowest BCUT2D eigenvalue weighted by Crippen LogP contribution is -2.67. The van der Waals surface area contributed by atoms with Gasteiger partial charge in [-0.25, -0.2) is 4.99 Å². The number of rotatable bonds is 25. The summed E-state index contributed by atoms with van der Waals surface area (Å²) in [4.78, 5) is 69.3. The predicted octanol–water partition coefficient (Wildman–Crippen LogP) is 6.66. The second-order valence-electron chi connectivity index (χ2n) is 40.0. The fourth-order valence-corrected chi connectivity index (χ4v) is 20.5. The number of likely N-dealkylation sites (tertiary alicyclic amines) is 1. The number of methoxy groups -OCH3 is 3. The molecule has 6 bridgehead atoms. The molecule has 0 aromatic heterocycles. The van der Waals surface area contributed by atoms with Crippen LogP contribution in [0.25, 0.3) is 10.8 Å². The molecule has 8 aliphatic heterocycles. The zero-order valence-electron chi connectivity index (χ0n) is 84.0. The third-order valence-electron chi connectivity index (χ3n) is 28.8. The van der Waals surface area contributed by atoms with Crippen LogP contribution >= 0.6 is 0 Å². The molecule has 1 spiro atoms. The van der Waals surface area contributed by atoms with Crippen LogP contribution in [0.1, 0.15) is 213 Å². The third-order valence-corrected chi connectivity index (χ3v) is 28.8. The average molecular weight is 1890 g/mol. The highest BCUT2D eigenvalue weighted by atomic mass is 16.7. The zero-order valence-corrected chi connectivity index (χ0v) is 84.0. The van der Waals surface area contributed by atoms with Gasteiger partial charge in [0.05, 0.1) is 122 Å². The van der Waals surface area contributed by atoms with Crippen LogP contribution in [-0.4, -0.2) is 330 Å². The van der Waals surface area contributed by atoms with Crippen molar-refractivity contribution in [3.63, 3.8) is 0 Å². The monoisotopic (exact) mass is 1890 g/mol. The van der Waals surface area contributed by atoms with Crippen molar-refractivity contribution >= 4 is 40.1 Å². The smallest absolute Gasteiger partial charge is 0.312 e. The molecule has 10 unspecified atom stereocenters. The highest BCUT2D eigenvalue weighted by Gasteiger charge is 2.58. The van der Waals surface area contributed by atoms with Crippen LogP contribution in [0.2, 0.25) is 0 Å². The van der Waals surface area contributed by atoms with Crippen LogP contribution in [0.5, 0.6) is 17.2 Å². The molecule has 31 atom stereocenters. The molecule has 0 saturated carbocycles. The molecule has 10 rings (SSSR count). The van der Waals surface area contributed by atoms with Crippen LogP contribution in [0.3, 0.4) is 0 Å². The Bertz CT molecular complexity index is 4330. The van der Waals surface area contributed by atoms with Crippen molar-refractivity contribution in [3.05, 3.63) is 58.0 Å². The van der Waals surface area contributed by atoms with Gasteiger partial charge in [-0.3, -0.25) is 29.5 Å². The van der Waals surface area contributed by atoms with Gasteiger partial charge >= 0.3 is 17.7 Å². The van der Waals surface area contributed by atoms with Crippen molar-refractivity contribution in [2.45, 2.75) is 348 Å². The molecular formula is C98H164N8O27. The number of piperidine rings is 1. The summed E-state index contributed by atoms with van der Waals surface area (Å²) in [5.41, 5.74) is -4.39. The number of benzene rings is 2. The molecule has 5 saturated heterocycles. The number of Topliss-reactive ketones (excluding diaryl/α,β-unsaturated/α-hetero) is 1. The highest BCUT2D eigenvalue weighted by Crippen LogP contribution is 2.52. The Morgan fingerprint density at radius 1 is 0.759 bits per heavy atom. The number of amides is 1. The number of nitrogens with zero attached hydrogens (tertiary/aromatic N) is 4. The number of likely N-dealkylation sites (N-methyl/N-ethyl adjacent to an activating group) is 1. The fraction of sp³-hybridized carbons (Fsp3) is 0.796. The van der Waals surface area contributed by atoms with Gasteiger partial charge in [-0.1, -0.05) is 101 Å². The number of ether oxygens (including phenoxy) is 13. The number of ketones is 1. The van der Waals surface area contributed by atoms with Gasteiger partial charge in [0.1, 0.15) is 64.1 Å². The standard InChI is InChI=1S/C46H62N4O11.C42H78N2O14.C10H24N2O2/c1-22(2)21-50-18-16-46(17-19-50)48-34-31-32-39(54)28(8)42-33(31)43(56)45(10,61-42)59-20-15-30(58-11)25(5)41(60-29(9)51)27(7)38(53)26(6)37(52)23(3)13-12-14-24(4)44(57)47-36(40(32)55)35(34)49-46;1-15-29-42(10,49)37-24(4)32(43-30(56-37)21-52-17-16-50-13)22(2)19-40(8,48)36(58-39-33(45)28(44(11)12)18-23(3)53-39)25(5)34(26(6)38(47)55-29)57-31-20-41(9,51-14)35(46)27(7)54-31;1-3-9(7-13)11-5-6-12-10(4-2)8-14/h12-15,20,22-23,25-27,30,37-38,41,48,52-55H,16-19,21H2,1-11H3;22-37,39,43,45-46,48-49H,15-21H2,1-14H3;9-14H,3-8H2,1-2H3/b13-12+,20-15+,24-14-,47-36?;;/t23-,25+,26+,27+,30-,37-,38+,41+,45-;22-,23?,24+,25?,26-,27?,28?,29-,30-,31?,32+,33?,34+,35?,36-,37?,39?,40-,41?,42-;9-,10-/m010/s1. The number of cyclic esters (lactones) is 1. The number of esters is 2. The summed E-state index contributed by atoms with van der Waals surface area (Å²) in [5.74, 6) is -9.52. The van der Waals surface area contributed by atoms with Crippen molar-refractivity contribution in [1.82, 2.24) is 25.8 Å². The Morgan fingerprint density at radius 2 is 1.40 bits per heavy atom. The lowest BCUT2D eigenvalue weighted by atomic mass is 9.71. The van der Waals surface area contributed by atoms with Gasteiger partial charge in [-0.05, 0) is 120 Å². The van der Waals surface area contributed by atoms with E-state index in [-0.39, 0.29) is 131 Å². The molecule has 2 aromatic carbocycles. The first-order valence-corrected chi connectivity index (χ1v) is 48.0. The summed E-state index contributed by atoms with van der Waals surface area (Å²) in [6.45, 7) is 44.8. The van der Waals surface area contributed by atoms with Gasteiger partial charge in [0.25, 0.3) is 11.7 Å². The molecule has 0 radical (unpaired) electrons. The van der Waals surface area contributed by atoms with Gasteiger partial charge in [0.15, 0.2) is 18.3 Å². The van der Waals surface area contributed by atoms with E-state index in [2.05, 4.69) is 45.0 Å². The minimum absolute atomic E-state index is 0.0538. The molecular weight excluding hydrogens is 1720 g/mol. The first-order valence-electron chi connectivity index (χ1n) is 48.0. The molecule has 8 heterocycles. The topological polar surface area (TPSA) is 470 Å². The Morgan fingerprint density at radius 3 is 1.97 bits per heavy atom. The number of anilines is 1. The number of phenols is 2. The second kappa shape index (κ2) is 48.7. The van der Waals surface area contributed by atoms with Gasteiger partial charge in [-0.15, -0.1) is 0 Å². The summed E-state index contributed by atoms with van der Waals surface area (Å²) < 4.78 is 79.7. The minimum atomic E-state index is -1.95. The Balaban J connectivity index is 0.000000286. The normalized spacial score (nSPS) is 37.8. The summed E-state index contributed by atoms with van der Waals surface area (Å²) in [7, 11) is 8.37. The van der Waals surface area contributed by atoms with E-state index in [1.807, 2.05) is 67.5 Å². The number of allylic oxidation sites excluding steroid dienone is 2. The molecule has 14 N–H and O–H groups in total. The van der Waals surface area contributed by atoms with E-state index in [1.54, 1.807) is 108 Å². The maximum absolute atomic E-state index is 14.7. The second-order valence-corrected chi connectivity index (χ2v) is 40.0. The highest BCUT2D eigenvalue weighted by molar-refractivity contribution is 6.21. The molecule has 5 fully saturated rings. The Hall–Kier alpha value is -6.08. The van der Waals surface area contributed by atoms with E-state index in [0.717, 1.165) is 45.6 Å². The number of fused-ring (bicyclic) bond motifs is 3. The van der Waals surface area contributed by atoms with E-state index < -0.39 is 179 Å². The van der Waals surface area contributed by atoms with Crippen LogP contribution in [0, 0.1) is 60.2 Å². The SMILES string of the molecule is CC[C@@H](CO)NCCN[C@@H](CC)CO.CC[C@H]1OC(=O)[C@H](C)[C@@H](OC2CC(C)(OC)C(O)C(C)O2)C(C)[C@@H](OC2OC(C)CC(N(C)C)C2O)[C@](C)(O)C[C@@H](C)[C@@H]2N[C@@H](COCCOC)OC([C@H]2C)[C@]1(C)O.CO[C@H]1/C=C/O[C@@]2(C)Oc3c(C)c(O)c4c(O)c(c5c(c4c3C2=O)NC2(CCN(CC(C)C)CC2)N=5)=NC(=O)/C(C)=C\C=C\[C@H](C)[C@H](O)[C@@H](C)[C@@H](O)[C@@H](C)[C@H](OC(C)=O)[C@@H]1C.